The number of carbonyl (C=O) groups is 2. The summed E-state index contributed by atoms with van der Waals surface area (Å²) in [6.45, 7) is 2.88. The van der Waals surface area contributed by atoms with Gasteiger partial charge in [-0.15, -0.1) is 0 Å². The Morgan fingerprint density at radius 1 is 1.50 bits per heavy atom. The Morgan fingerprint density at radius 2 is 2.17 bits per heavy atom. The zero-order valence-electron chi connectivity index (χ0n) is 9.98. The van der Waals surface area contributed by atoms with Gasteiger partial charge in [0.15, 0.2) is 5.56 Å². The highest BCUT2D eigenvalue weighted by atomic mass is 16.5. The highest BCUT2D eigenvalue weighted by Crippen LogP contribution is 2.13. The minimum absolute atomic E-state index is 0.180. The Labute approximate surface area is 102 Å². The van der Waals surface area contributed by atoms with Gasteiger partial charge in [-0.25, -0.2) is 4.79 Å². The lowest BCUT2D eigenvalue weighted by molar-refractivity contribution is -0.141. The maximum absolute atomic E-state index is 11.6. The molecule has 0 saturated carbocycles. The van der Waals surface area contributed by atoms with Crippen LogP contribution < -0.4 is 10.9 Å². The third kappa shape index (κ3) is 3.34. The summed E-state index contributed by atoms with van der Waals surface area (Å²) in [6.07, 6.45) is 0. The minimum atomic E-state index is -0.964. The smallest absolute Gasteiger partial charge is 0.352 e. The second-order valence-corrected chi connectivity index (χ2v) is 3.39. The van der Waals surface area contributed by atoms with E-state index in [1.54, 1.807) is 6.92 Å². The molecule has 0 aromatic carbocycles. The number of ether oxygens (including phenoxy) is 1. The molecule has 7 heteroatoms. The normalized spacial score (nSPS) is 9.89. The Hall–Kier alpha value is -2.31. The van der Waals surface area contributed by atoms with Crippen LogP contribution in [0.2, 0.25) is 0 Å². The predicted molar refractivity (Wildman–Crippen MR) is 60.3 cm³/mol. The van der Waals surface area contributed by atoms with E-state index < -0.39 is 28.8 Å². The number of hydrogen-bond donors (Lipinski definition) is 2. The Kier molecular flexibility index (Phi) is 4.47. The number of aromatic hydroxyl groups is 1. The summed E-state index contributed by atoms with van der Waals surface area (Å²) in [6, 6.07) is 1.14. The summed E-state index contributed by atoms with van der Waals surface area (Å²) < 4.78 is 9.26. The lowest BCUT2D eigenvalue weighted by Gasteiger charge is -2.05. The third-order valence-electron chi connectivity index (χ3n) is 1.98. The van der Waals surface area contributed by atoms with Gasteiger partial charge in [-0.05, 0) is 13.8 Å². The Morgan fingerprint density at radius 3 is 2.72 bits per heavy atom. The molecular weight excluding hydrogens is 242 g/mol. The molecule has 1 rings (SSSR count). The topological polar surface area (TPSA) is 106 Å². The van der Waals surface area contributed by atoms with Gasteiger partial charge in [0, 0.05) is 6.07 Å². The molecule has 18 heavy (non-hydrogen) atoms. The average molecular weight is 255 g/mol. The molecule has 0 fully saturated rings. The molecule has 7 nitrogen and oxygen atoms in total. The van der Waals surface area contributed by atoms with Crippen molar-refractivity contribution in [1.82, 2.24) is 5.32 Å². The van der Waals surface area contributed by atoms with E-state index in [2.05, 4.69) is 14.5 Å². The standard InChI is InChI=1S/C11H13NO6/c1-3-17-8(14)5-12-10(15)9-7(13)4-6(2)18-11(9)16/h4,13H,3,5H2,1-2H3,(H,12,15). The maximum Gasteiger partial charge on any atom is 0.352 e. The molecule has 0 aliphatic carbocycles. The summed E-state index contributed by atoms with van der Waals surface area (Å²) >= 11 is 0. The van der Waals surface area contributed by atoms with E-state index in [0.29, 0.717) is 0 Å². The number of esters is 1. The highest BCUT2D eigenvalue weighted by molar-refractivity contribution is 5.97. The van der Waals surface area contributed by atoms with E-state index in [1.165, 1.54) is 6.92 Å². The molecule has 1 aromatic heterocycles. The van der Waals surface area contributed by atoms with Crippen molar-refractivity contribution < 1.29 is 23.8 Å². The SMILES string of the molecule is CCOC(=O)CNC(=O)c1c(O)cc(C)oc1=O. The summed E-state index contributed by atoms with van der Waals surface area (Å²) in [5.74, 6) is -1.85. The van der Waals surface area contributed by atoms with Crippen LogP contribution in [0.25, 0.3) is 0 Å². The second kappa shape index (κ2) is 5.85. The van der Waals surface area contributed by atoms with Gasteiger partial charge in [0.05, 0.1) is 6.61 Å². The number of hydrogen-bond acceptors (Lipinski definition) is 6. The molecule has 0 radical (unpaired) electrons. The van der Waals surface area contributed by atoms with Crippen LogP contribution in [-0.2, 0) is 9.53 Å². The molecule has 1 heterocycles. The van der Waals surface area contributed by atoms with Gasteiger partial charge in [0.1, 0.15) is 18.1 Å². The van der Waals surface area contributed by atoms with Crippen LogP contribution in [0, 0.1) is 6.92 Å². The van der Waals surface area contributed by atoms with Crippen LogP contribution >= 0.6 is 0 Å². The predicted octanol–water partition coefficient (Wildman–Crippen LogP) is -0.0533. The first-order valence-electron chi connectivity index (χ1n) is 5.23. The van der Waals surface area contributed by atoms with Crippen molar-refractivity contribution in [2.24, 2.45) is 0 Å². The van der Waals surface area contributed by atoms with Gasteiger partial charge >= 0.3 is 11.6 Å². The van der Waals surface area contributed by atoms with E-state index in [9.17, 15) is 19.5 Å². The summed E-state index contributed by atoms with van der Waals surface area (Å²) in [5.41, 5.74) is -1.50. The van der Waals surface area contributed by atoms with Crippen molar-refractivity contribution >= 4 is 11.9 Å². The van der Waals surface area contributed by atoms with E-state index in [1.807, 2.05) is 0 Å². The molecule has 0 bridgehead atoms. The monoisotopic (exact) mass is 255 g/mol. The van der Waals surface area contributed by atoms with Crippen molar-refractivity contribution in [3.8, 4) is 5.75 Å². The number of amides is 1. The van der Waals surface area contributed by atoms with Gasteiger partial charge in [-0.3, -0.25) is 9.59 Å². The van der Waals surface area contributed by atoms with Crippen LogP contribution in [0.5, 0.6) is 5.75 Å². The van der Waals surface area contributed by atoms with Crippen LogP contribution in [0.1, 0.15) is 23.0 Å². The zero-order chi connectivity index (χ0) is 13.7. The van der Waals surface area contributed by atoms with Gasteiger partial charge in [-0.2, -0.15) is 0 Å². The van der Waals surface area contributed by atoms with Crippen molar-refractivity contribution in [2.45, 2.75) is 13.8 Å². The maximum atomic E-state index is 11.6. The Balaban J connectivity index is 2.80. The van der Waals surface area contributed by atoms with Gasteiger partial charge < -0.3 is 19.6 Å². The molecule has 0 saturated heterocycles. The molecule has 0 aliphatic rings. The van der Waals surface area contributed by atoms with Gasteiger partial charge in [0.25, 0.3) is 5.91 Å². The first kappa shape index (κ1) is 13.8. The van der Waals surface area contributed by atoms with E-state index in [0.717, 1.165) is 6.07 Å². The number of nitrogens with one attached hydrogen (secondary N) is 1. The van der Waals surface area contributed by atoms with Crippen molar-refractivity contribution in [3.05, 3.63) is 27.8 Å². The zero-order valence-corrected chi connectivity index (χ0v) is 9.98. The fourth-order valence-corrected chi connectivity index (χ4v) is 1.26. The summed E-state index contributed by atoms with van der Waals surface area (Å²) in [7, 11) is 0. The molecule has 98 valence electrons. The average Bonchev–Trinajstić information content (AvgIpc) is 2.25. The molecule has 2 N–H and O–H groups in total. The lowest BCUT2D eigenvalue weighted by atomic mass is 10.2. The van der Waals surface area contributed by atoms with Crippen molar-refractivity contribution in [1.29, 1.82) is 0 Å². The third-order valence-corrected chi connectivity index (χ3v) is 1.98. The van der Waals surface area contributed by atoms with Crippen LogP contribution in [0.3, 0.4) is 0 Å². The summed E-state index contributed by atoms with van der Waals surface area (Å²) in [5, 5.41) is 11.6. The fourth-order valence-electron chi connectivity index (χ4n) is 1.26. The lowest BCUT2D eigenvalue weighted by Crippen LogP contribution is -2.33. The molecular formula is C11H13NO6. The molecule has 0 atom stereocenters. The first-order valence-corrected chi connectivity index (χ1v) is 5.23. The fraction of sp³-hybridized carbons (Fsp3) is 0.364. The molecule has 0 unspecified atom stereocenters. The van der Waals surface area contributed by atoms with Crippen LogP contribution in [-0.4, -0.2) is 30.1 Å². The van der Waals surface area contributed by atoms with Crippen molar-refractivity contribution in [2.75, 3.05) is 13.2 Å². The number of aryl methyl sites for hydroxylation is 1. The van der Waals surface area contributed by atoms with E-state index in [4.69, 9.17) is 0 Å². The number of rotatable bonds is 4. The van der Waals surface area contributed by atoms with Gasteiger partial charge in [-0.1, -0.05) is 0 Å². The first-order chi connectivity index (χ1) is 8.45. The van der Waals surface area contributed by atoms with Crippen LogP contribution in [0.15, 0.2) is 15.3 Å². The quantitative estimate of drug-likeness (QED) is 0.730. The minimum Gasteiger partial charge on any atom is -0.507 e. The molecule has 0 aliphatic heterocycles. The number of carbonyl (C=O) groups excluding carboxylic acids is 2. The molecule has 0 spiro atoms. The van der Waals surface area contributed by atoms with Crippen molar-refractivity contribution in [3.63, 3.8) is 0 Å². The van der Waals surface area contributed by atoms with E-state index in [-0.39, 0.29) is 18.9 Å². The molecule has 1 amide bonds. The largest absolute Gasteiger partial charge is 0.507 e. The van der Waals surface area contributed by atoms with E-state index >= 15 is 0 Å². The van der Waals surface area contributed by atoms with Crippen LogP contribution in [0.4, 0.5) is 0 Å². The second-order valence-electron chi connectivity index (χ2n) is 3.39. The van der Waals surface area contributed by atoms with Gasteiger partial charge in [0.2, 0.25) is 0 Å². The highest BCUT2D eigenvalue weighted by Gasteiger charge is 2.18. The summed E-state index contributed by atoms with van der Waals surface area (Å²) in [4.78, 5) is 33.9. The molecule has 1 aromatic rings. The Bertz CT molecular complexity index is 519.